The molecule has 2 aromatic rings. The van der Waals surface area contributed by atoms with Crippen molar-refractivity contribution in [3.05, 3.63) is 51.7 Å². The van der Waals surface area contributed by atoms with E-state index in [1.165, 1.54) is 0 Å². The van der Waals surface area contributed by atoms with Crippen molar-refractivity contribution in [3.63, 3.8) is 0 Å². The van der Waals surface area contributed by atoms with Gasteiger partial charge in [-0.15, -0.1) is 11.3 Å². The number of nitrogens with zero attached hydrogens (tertiary/aromatic N) is 1. The molecule has 0 spiro atoms. The first-order valence-corrected chi connectivity index (χ1v) is 9.12. The van der Waals surface area contributed by atoms with Crippen LogP contribution in [0.5, 0.6) is 0 Å². The van der Waals surface area contributed by atoms with Gasteiger partial charge < -0.3 is 10.6 Å². The Labute approximate surface area is 153 Å². The van der Waals surface area contributed by atoms with E-state index in [0.717, 1.165) is 21.7 Å². The Morgan fingerprint density at radius 3 is 2.32 bits per heavy atom. The van der Waals surface area contributed by atoms with Crippen LogP contribution in [0.4, 0.5) is 5.69 Å². The van der Waals surface area contributed by atoms with E-state index in [1.54, 1.807) is 23.3 Å². The summed E-state index contributed by atoms with van der Waals surface area (Å²) >= 11 is 1.61. The Hall–Kier alpha value is -2.18. The zero-order valence-corrected chi connectivity index (χ0v) is 15.9. The van der Waals surface area contributed by atoms with Crippen molar-refractivity contribution < 1.29 is 9.59 Å². The monoisotopic (exact) mass is 359 g/mol. The van der Waals surface area contributed by atoms with Gasteiger partial charge in [0.25, 0.3) is 0 Å². The number of likely N-dealkylation sites (N-methyl/N-ethyl adjacent to an activating group) is 1. The number of rotatable bonds is 7. The number of carbonyl (C=O) groups is 2. The number of nitrogens with one attached hydrogen (secondary N) is 2. The van der Waals surface area contributed by atoms with Crippen molar-refractivity contribution in [2.24, 2.45) is 0 Å². The average Bonchev–Trinajstić information content (AvgIpc) is 3.05. The van der Waals surface area contributed by atoms with E-state index in [9.17, 15) is 9.59 Å². The highest BCUT2D eigenvalue weighted by Crippen LogP contribution is 2.19. The van der Waals surface area contributed by atoms with E-state index in [1.807, 2.05) is 56.5 Å². The Morgan fingerprint density at radius 2 is 1.72 bits per heavy atom. The van der Waals surface area contributed by atoms with Gasteiger partial charge in [0.1, 0.15) is 0 Å². The third kappa shape index (κ3) is 5.69. The molecule has 5 nitrogen and oxygen atoms in total. The van der Waals surface area contributed by atoms with Gasteiger partial charge in [-0.25, -0.2) is 0 Å². The fraction of sp³-hybridized carbons (Fsp3) is 0.368. The Balaban J connectivity index is 1.82. The lowest BCUT2D eigenvalue weighted by Crippen LogP contribution is -2.39. The molecule has 2 N–H and O–H groups in total. The molecule has 6 heteroatoms. The molecular weight excluding hydrogens is 334 g/mol. The number of aryl methyl sites for hydroxylation is 2. The number of thiophene rings is 1. The van der Waals surface area contributed by atoms with Gasteiger partial charge in [0.05, 0.1) is 19.1 Å². The van der Waals surface area contributed by atoms with Crippen LogP contribution in [0.15, 0.2) is 35.7 Å². The van der Waals surface area contributed by atoms with Crippen molar-refractivity contribution in [2.45, 2.75) is 26.8 Å². The third-order valence-electron chi connectivity index (χ3n) is 3.92. The van der Waals surface area contributed by atoms with Gasteiger partial charge >= 0.3 is 0 Å². The summed E-state index contributed by atoms with van der Waals surface area (Å²) in [4.78, 5) is 27.2. The summed E-state index contributed by atoms with van der Waals surface area (Å²) < 4.78 is 0. The first kappa shape index (κ1) is 19.1. The van der Waals surface area contributed by atoms with E-state index in [0.29, 0.717) is 0 Å². The molecule has 0 unspecified atom stereocenters. The molecule has 1 aromatic heterocycles. The molecule has 2 rings (SSSR count). The van der Waals surface area contributed by atoms with Crippen molar-refractivity contribution in [3.8, 4) is 0 Å². The van der Waals surface area contributed by atoms with Gasteiger partial charge in [0, 0.05) is 10.6 Å². The van der Waals surface area contributed by atoms with Crippen LogP contribution in [0, 0.1) is 13.8 Å². The molecule has 0 aliphatic heterocycles. The highest BCUT2D eigenvalue weighted by Gasteiger charge is 2.15. The van der Waals surface area contributed by atoms with Crippen molar-refractivity contribution in [1.82, 2.24) is 10.2 Å². The molecule has 134 valence electrons. The van der Waals surface area contributed by atoms with Crippen LogP contribution in [-0.4, -0.2) is 36.9 Å². The lowest BCUT2D eigenvalue weighted by molar-refractivity contribution is -0.123. The summed E-state index contributed by atoms with van der Waals surface area (Å²) in [5.41, 5.74) is 2.90. The van der Waals surface area contributed by atoms with Crippen molar-refractivity contribution >= 4 is 28.8 Å². The van der Waals surface area contributed by atoms with Gasteiger partial charge in [0.2, 0.25) is 11.8 Å². The zero-order valence-electron chi connectivity index (χ0n) is 15.1. The number of hydrogen-bond acceptors (Lipinski definition) is 4. The molecule has 0 bridgehead atoms. The SMILES string of the molecule is Cc1cccc(C)c1NC(=O)CN(C)CC(=O)N[C@H](C)c1cccs1. The average molecular weight is 359 g/mol. The molecule has 2 amide bonds. The molecule has 1 heterocycles. The van der Waals surface area contributed by atoms with Gasteiger partial charge in [0.15, 0.2) is 0 Å². The van der Waals surface area contributed by atoms with E-state index >= 15 is 0 Å². The second-order valence-electron chi connectivity index (χ2n) is 6.29. The van der Waals surface area contributed by atoms with Crippen molar-refractivity contribution in [1.29, 1.82) is 0 Å². The van der Waals surface area contributed by atoms with Crippen LogP contribution >= 0.6 is 11.3 Å². The predicted molar refractivity (Wildman–Crippen MR) is 103 cm³/mol. The largest absolute Gasteiger partial charge is 0.348 e. The van der Waals surface area contributed by atoms with E-state index in [2.05, 4.69) is 10.6 Å². The number of amides is 2. The predicted octanol–water partition coefficient (Wildman–Crippen LogP) is 3.11. The molecule has 0 aliphatic rings. The molecule has 0 saturated heterocycles. The maximum atomic E-state index is 12.2. The third-order valence-corrected chi connectivity index (χ3v) is 4.98. The molecule has 1 atom stereocenters. The second-order valence-corrected chi connectivity index (χ2v) is 7.27. The fourth-order valence-corrected chi connectivity index (χ4v) is 3.37. The lowest BCUT2D eigenvalue weighted by Gasteiger charge is -2.19. The normalized spacial score (nSPS) is 12.0. The number of carbonyl (C=O) groups excluding carboxylic acids is 2. The number of para-hydroxylation sites is 1. The standard InChI is InChI=1S/C19H25N3O2S/c1-13-7-5-8-14(2)19(13)21-18(24)12-22(4)11-17(23)20-15(3)16-9-6-10-25-16/h5-10,15H,11-12H2,1-4H3,(H,20,23)(H,21,24)/t15-/m1/s1. The maximum Gasteiger partial charge on any atom is 0.238 e. The molecule has 0 radical (unpaired) electrons. The maximum absolute atomic E-state index is 12.2. The topological polar surface area (TPSA) is 61.4 Å². The number of benzene rings is 1. The van der Waals surface area contributed by atoms with Gasteiger partial charge in [-0.2, -0.15) is 0 Å². The summed E-state index contributed by atoms with van der Waals surface area (Å²) in [5.74, 6) is -0.220. The quantitative estimate of drug-likeness (QED) is 0.798. The van der Waals surface area contributed by atoms with Gasteiger partial charge in [-0.1, -0.05) is 24.3 Å². The summed E-state index contributed by atoms with van der Waals surface area (Å²) in [6.07, 6.45) is 0. The van der Waals surface area contributed by atoms with Gasteiger partial charge in [-0.05, 0) is 50.4 Å². The van der Waals surface area contributed by atoms with E-state index in [4.69, 9.17) is 0 Å². The minimum Gasteiger partial charge on any atom is -0.348 e. The minimum absolute atomic E-state index is 0.0238. The molecule has 0 saturated carbocycles. The fourth-order valence-electron chi connectivity index (χ4n) is 2.63. The first-order valence-electron chi connectivity index (χ1n) is 8.24. The van der Waals surface area contributed by atoms with E-state index < -0.39 is 0 Å². The van der Waals surface area contributed by atoms with Gasteiger partial charge in [-0.3, -0.25) is 14.5 Å². The van der Waals surface area contributed by atoms with Crippen LogP contribution < -0.4 is 10.6 Å². The van der Waals surface area contributed by atoms with Crippen LogP contribution in [-0.2, 0) is 9.59 Å². The minimum atomic E-state index is -0.126. The van der Waals surface area contributed by atoms with Crippen LogP contribution in [0.25, 0.3) is 0 Å². The van der Waals surface area contributed by atoms with Crippen LogP contribution in [0.1, 0.15) is 29.0 Å². The Bertz CT molecular complexity index is 708. The molecule has 25 heavy (non-hydrogen) atoms. The first-order chi connectivity index (χ1) is 11.9. The summed E-state index contributed by atoms with van der Waals surface area (Å²) in [7, 11) is 1.76. The van der Waals surface area contributed by atoms with Crippen LogP contribution in [0.2, 0.25) is 0 Å². The van der Waals surface area contributed by atoms with Crippen molar-refractivity contribution in [2.75, 3.05) is 25.5 Å². The lowest BCUT2D eigenvalue weighted by atomic mass is 10.1. The Morgan fingerprint density at radius 1 is 1.08 bits per heavy atom. The summed E-state index contributed by atoms with van der Waals surface area (Å²) in [5, 5.41) is 7.88. The van der Waals surface area contributed by atoms with Crippen LogP contribution in [0.3, 0.4) is 0 Å². The summed E-state index contributed by atoms with van der Waals surface area (Å²) in [6.45, 7) is 6.22. The highest BCUT2D eigenvalue weighted by atomic mass is 32.1. The molecule has 1 aromatic carbocycles. The molecular formula is C19H25N3O2S. The number of hydrogen-bond donors (Lipinski definition) is 2. The smallest absolute Gasteiger partial charge is 0.238 e. The summed E-state index contributed by atoms with van der Waals surface area (Å²) in [6, 6.07) is 9.83. The second kappa shape index (κ2) is 8.78. The molecule has 0 fully saturated rings. The molecule has 0 aliphatic carbocycles. The highest BCUT2D eigenvalue weighted by molar-refractivity contribution is 7.10. The zero-order chi connectivity index (χ0) is 18.4. The van der Waals surface area contributed by atoms with E-state index in [-0.39, 0.29) is 30.9 Å². The Kier molecular flexibility index (Phi) is 6.73. The number of anilines is 1.